The summed E-state index contributed by atoms with van der Waals surface area (Å²) in [7, 11) is 3.17. The van der Waals surface area contributed by atoms with Gasteiger partial charge in [0.25, 0.3) is 0 Å². The molecule has 0 radical (unpaired) electrons. The first-order chi connectivity index (χ1) is 20.3. The number of nitrogens with one attached hydrogen (secondary N) is 2. The third kappa shape index (κ3) is 6.92. The number of likely N-dealkylation sites (tertiary alicyclic amines) is 1. The van der Waals surface area contributed by atoms with Crippen LogP contribution in [0.1, 0.15) is 24.0 Å². The molecule has 0 spiro atoms. The monoisotopic (exact) mass is 578 g/mol. The van der Waals surface area contributed by atoms with Gasteiger partial charge in [-0.15, -0.1) is 0 Å². The van der Waals surface area contributed by atoms with Gasteiger partial charge in [-0.3, -0.25) is 10.2 Å². The number of benzene rings is 1. The average Bonchev–Trinajstić information content (AvgIpc) is 3.54. The fourth-order valence-corrected chi connectivity index (χ4v) is 5.03. The van der Waals surface area contributed by atoms with Gasteiger partial charge >= 0.3 is 6.03 Å². The van der Waals surface area contributed by atoms with Crippen LogP contribution in [-0.4, -0.2) is 72.2 Å². The maximum absolute atomic E-state index is 14.1. The summed E-state index contributed by atoms with van der Waals surface area (Å²) in [4.78, 5) is 19.9. The van der Waals surface area contributed by atoms with Gasteiger partial charge in [-0.2, -0.15) is 5.10 Å². The number of nitrogens with zero attached hydrogens (tertiary/aromatic N) is 4. The Hall–Kier alpha value is -4.35. The molecular formula is C31H36F2N6O3. The molecule has 42 heavy (non-hydrogen) atoms. The van der Waals surface area contributed by atoms with E-state index in [1.54, 1.807) is 49.4 Å². The second-order valence-corrected chi connectivity index (χ2v) is 9.87. The molecule has 2 aromatic heterocycles. The molecule has 222 valence electrons. The minimum atomic E-state index is -0.919. The lowest BCUT2D eigenvalue weighted by Gasteiger charge is -2.21. The van der Waals surface area contributed by atoms with E-state index in [1.165, 1.54) is 6.07 Å². The number of rotatable bonds is 11. The lowest BCUT2D eigenvalue weighted by atomic mass is 9.94. The number of allylic oxidation sites excluding steroid dienone is 5. The first-order valence-electron chi connectivity index (χ1n) is 13.6. The third-order valence-corrected chi connectivity index (χ3v) is 7.21. The van der Waals surface area contributed by atoms with Crippen molar-refractivity contribution in [2.45, 2.75) is 25.8 Å². The number of hydrogen-bond acceptors (Lipinski definition) is 6. The van der Waals surface area contributed by atoms with E-state index in [9.17, 15) is 13.6 Å². The van der Waals surface area contributed by atoms with Gasteiger partial charge in [0.2, 0.25) is 5.88 Å². The first kappa shape index (κ1) is 30.6. The van der Waals surface area contributed by atoms with E-state index in [-0.39, 0.29) is 12.0 Å². The largest absolute Gasteiger partial charge is 0.481 e. The molecule has 1 aromatic carbocycles. The standard InChI is InChI=1S/C31H36F2N6O3/c1-6-8-9-23(7-2)39-30(20(3)29(37-39)22-11-13-28(42-5)34-17-22)36-31(40)35-27-19-38(14-15-41-4)18-24(27)21-10-12-25(32)26(33)16-21/h6-13,16-17,24,27H,1,14-15,18-19H2,2-5H3,(H2,35,36,40). The van der Waals surface area contributed by atoms with Crippen LogP contribution in [0.5, 0.6) is 5.88 Å². The molecule has 1 aliphatic rings. The van der Waals surface area contributed by atoms with Crippen molar-refractivity contribution in [3.05, 3.63) is 90.2 Å². The van der Waals surface area contributed by atoms with E-state index >= 15 is 0 Å². The van der Waals surface area contributed by atoms with E-state index in [2.05, 4.69) is 27.1 Å². The zero-order valence-corrected chi connectivity index (χ0v) is 24.2. The van der Waals surface area contributed by atoms with Gasteiger partial charge in [0.05, 0.1) is 31.1 Å². The number of carbonyl (C=O) groups is 1. The molecule has 4 rings (SSSR count). The van der Waals surface area contributed by atoms with Crippen LogP contribution >= 0.6 is 0 Å². The number of ether oxygens (including phenoxy) is 2. The number of amides is 2. The molecule has 0 bridgehead atoms. The van der Waals surface area contributed by atoms with Crippen LogP contribution in [0.2, 0.25) is 0 Å². The summed E-state index contributed by atoms with van der Waals surface area (Å²) in [6.45, 7) is 9.71. The Morgan fingerprint density at radius 1 is 1.19 bits per heavy atom. The molecule has 1 aliphatic heterocycles. The van der Waals surface area contributed by atoms with Crippen molar-refractivity contribution in [3.63, 3.8) is 0 Å². The minimum Gasteiger partial charge on any atom is -0.481 e. The highest BCUT2D eigenvalue weighted by Gasteiger charge is 2.35. The van der Waals surface area contributed by atoms with E-state index in [0.29, 0.717) is 54.9 Å². The summed E-state index contributed by atoms with van der Waals surface area (Å²) >= 11 is 0. The summed E-state index contributed by atoms with van der Waals surface area (Å²) in [6, 6.07) is 6.66. The highest BCUT2D eigenvalue weighted by Crippen LogP contribution is 2.32. The van der Waals surface area contributed by atoms with Crippen molar-refractivity contribution in [2.24, 2.45) is 0 Å². The Morgan fingerprint density at radius 2 is 2.00 bits per heavy atom. The maximum Gasteiger partial charge on any atom is 0.320 e. The smallest absolute Gasteiger partial charge is 0.320 e. The van der Waals surface area contributed by atoms with Crippen LogP contribution in [0.25, 0.3) is 17.0 Å². The first-order valence-corrected chi connectivity index (χ1v) is 13.6. The summed E-state index contributed by atoms with van der Waals surface area (Å²) < 4.78 is 39.9. The molecule has 2 unspecified atom stereocenters. The van der Waals surface area contributed by atoms with Gasteiger partial charge in [0.15, 0.2) is 11.6 Å². The fraction of sp³-hybridized carbons (Fsp3) is 0.323. The van der Waals surface area contributed by atoms with Crippen LogP contribution in [0.3, 0.4) is 0 Å². The SMILES string of the molecule is C=CC=CC(=CC)n1nc(-c2ccc(OC)nc2)c(C)c1NC(=O)NC1CN(CCOC)CC1c1ccc(F)c(F)c1. The maximum atomic E-state index is 14.1. The second-order valence-electron chi connectivity index (χ2n) is 9.87. The van der Waals surface area contributed by atoms with Gasteiger partial charge < -0.3 is 14.8 Å². The molecule has 2 N–H and O–H groups in total. The highest BCUT2D eigenvalue weighted by atomic mass is 19.2. The highest BCUT2D eigenvalue weighted by molar-refractivity contribution is 5.91. The van der Waals surface area contributed by atoms with Gasteiger partial charge in [-0.05, 0) is 43.7 Å². The number of aromatic nitrogens is 3. The van der Waals surface area contributed by atoms with Gasteiger partial charge in [0.1, 0.15) is 5.82 Å². The fourth-order valence-electron chi connectivity index (χ4n) is 5.03. The van der Waals surface area contributed by atoms with Crippen molar-refractivity contribution >= 4 is 17.5 Å². The van der Waals surface area contributed by atoms with Crippen molar-refractivity contribution in [2.75, 3.05) is 45.8 Å². The van der Waals surface area contributed by atoms with Crippen molar-refractivity contribution in [1.82, 2.24) is 25.0 Å². The third-order valence-electron chi connectivity index (χ3n) is 7.21. The van der Waals surface area contributed by atoms with Crippen molar-refractivity contribution < 1.29 is 23.0 Å². The summed E-state index contributed by atoms with van der Waals surface area (Å²) in [6.07, 6.45) is 8.81. The Balaban J connectivity index is 1.64. The van der Waals surface area contributed by atoms with E-state index < -0.39 is 17.7 Å². The average molecular weight is 579 g/mol. The molecule has 9 nitrogen and oxygen atoms in total. The number of hydrogen-bond donors (Lipinski definition) is 2. The van der Waals surface area contributed by atoms with E-state index in [1.807, 2.05) is 32.1 Å². The molecular weight excluding hydrogens is 542 g/mol. The topological polar surface area (TPSA) is 93.5 Å². The number of carbonyl (C=O) groups excluding carboxylic acids is 1. The molecule has 11 heteroatoms. The van der Waals surface area contributed by atoms with Gasteiger partial charge in [0, 0.05) is 56.1 Å². The Labute approximate surface area is 244 Å². The molecule has 2 amide bonds. The van der Waals surface area contributed by atoms with Crippen LogP contribution in [0, 0.1) is 18.6 Å². The summed E-state index contributed by atoms with van der Waals surface area (Å²) in [5.74, 6) is -1.14. The molecule has 0 aliphatic carbocycles. The molecule has 2 atom stereocenters. The number of methoxy groups -OCH3 is 2. The predicted octanol–water partition coefficient (Wildman–Crippen LogP) is 5.38. The van der Waals surface area contributed by atoms with Gasteiger partial charge in [-0.25, -0.2) is 23.2 Å². The Kier molecular flexibility index (Phi) is 10.2. The molecule has 1 saturated heterocycles. The Bertz CT molecular complexity index is 1470. The quantitative estimate of drug-likeness (QED) is 0.297. The van der Waals surface area contributed by atoms with E-state index in [4.69, 9.17) is 14.6 Å². The van der Waals surface area contributed by atoms with E-state index in [0.717, 1.165) is 17.2 Å². The summed E-state index contributed by atoms with van der Waals surface area (Å²) in [5, 5.41) is 10.9. The number of anilines is 1. The van der Waals surface area contributed by atoms with Crippen LogP contribution in [0.4, 0.5) is 19.4 Å². The van der Waals surface area contributed by atoms with Crippen molar-refractivity contribution in [1.29, 1.82) is 0 Å². The zero-order valence-electron chi connectivity index (χ0n) is 24.2. The lowest BCUT2D eigenvalue weighted by molar-refractivity contribution is 0.159. The molecule has 0 saturated carbocycles. The van der Waals surface area contributed by atoms with Gasteiger partial charge in [-0.1, -0.05) is 30.9 Å². The molecule has 1 fully saturated rings. The number of urea groups is 1. The van der Waals surface area contributed by atoms with Crippen molar-refractivity contribution in [3.8, 4) is 17.1 Å². The minimum absolute atomic E-state index is 0.253. The van der Waals surface area contributed by atoms with Crippen LogP contribution in [0.15, 0.2) is 67.4 Å². The normalized spacial score (nSPS) is 17.5. The van der Waals surface area contributed by atoms with Crippen LogP contribution in [-0.2, 0) is 4.74 Å². The van der Waals surface area contributed by atoms with Crippen LogP contribution < -0.4 is 15.4 Å². The predicted molar refractivity (Wildman–Crippen MR) is 159 cm³/mol. The zero-order chi connectivity index (χ0) is 30.2. The molecule has 3 aromatic rings. The number of pyridine rings is 1. The summed E-state index contributed by atoms with van der Waals surface area (Å²) in [5.41, 5.74) is 3.45. The number of halogens is 2. The molecule has 3 heterocycles. The lowest BCUT2D eigenvalue weighted by Crippen LogP contribution is -2.42. The second kappa shape index (κ2) is 14.0. The Morgan fingerprint density at radius 3 is 2.64 bits per heavy atom.